The summed E-state index contributed by atoms with van der Waals surface area (Å²) in [6.45, 7) is 1.87. The van der Waals surface area contributed by atoms with Crippen molar-refractivity contribution in [1.82, 2.24) is 9.72 Å². The van der Waals surface area contributed by atoms with Gasteiger partial charge in [0.15, 0.2) is 5.82 Å². The summed E-state index contributed by atoms with van der Waals surface area (Å²) in [5.74, 6) is -0.0839. The lowest BCUT2D eigenvalue weighted by Gasteiger charge is -2.16. The SMILES string of the molecule is Cc1cc(F)ccc1C1(c2noc(=O)n2C)CC1. The van der Waals surface area contributed by atoms with Crippen LogP contribution in [0.25, 0.3) is 0 Å². The highest BCUT2D eigenvalue weighted by Gasteiger charge is 2.51. The van der Waals surface area contributed by atoms with Crippen LogP contribution in [0, 0.1) is 12.7 Å². The van der Waals surface area contributed by atoms with Gasteiger partial charge in [0.2, 0.25) is 0 Å². The zero-order valence-electron chi connectivity index (χ0n) is 10.2. The van der Waals surface area contributed by atoms with Crippen molar-refractivity contribution in [2.75, 3.05) is 0 Å². The van der Waals surface area contributed by atoms with Crippen LogP contribution in [0.3, 0.4) is 0 Å². The summed E-state index contributed by atoms with van der Waals surface area (Å²) in [5.41, 5.74) is 1.62. The first-order valence-corrected chi connectivity index (χ1v) is 5.84. The van der Waals surface area contributed by atoms with Gasteiger partial charge >= 0.3 is 5.76 Å². The van der Waals surface area contributed by atoms with E-state index >= 15 is 0 Å². The first kappa shape index (κ1) is 11.2. The summed E-state index contributed by atoms with van der Waals surface area (Å²) in [4.78, 5) is 11.4. The monoisotopic (exact) mass is 248 g/mol. The predicted octanol–water partition coefficient (Wildman–Crippen LogP) is 1.90. The van der Waals surface area contributed by atoms with Crippen LogP contribution in [0.2, 0.25) is 0 Å². The number of hydrogen-bond donors (Lipinski definition) is 0. The second-order valence-corrected chi connectivity index (χ2v) is 4.87. The molecule has 0 saturated heterocycles. The Hall–Kier alpha value is -1.91. The lowest BCUT2D eigenvalue weighted by atomic mass is 9.91. The quantitative estimate of drug-likeness (QED) is 0.815. The van der Waals surface area contributed by atoms with Crippen LogP contribution in [0.1, 0.15) is 29.8 Å². The molecule has 1 saturated carbocycles. The van der Waals surface area contributed by atoms with Gasteiger partial charge in [0.1, 0.15) is 5.82 Å². The number of aromatic nitrogens is 2. The van der Waals surface area contributed by atoms with E-state index in [4.69, 9.17) is 4.52 Å². The summed E-state index contributed by atoms with van der Waals surface area (Å²) in [6.07, 6.45) is 1.80. The van der Waals surface area contributed by atoms with E-state index in [0.29, 0.717) is 5.82 Å². The Morgan fingerprint density at radius 3 is 2.67 bits per heavy atom. The van der Waals surface area contributed by atoms with E-state index in [9.17, 15) is 9.18 Å². The maximum absolute atomic E-state index is 13.2. The molecule has 0 amide bonds. The molecule has 0 unspecified atom stereocenters. The normalized spacial score (nSPS) is 16.8. The van der Waals surface area contributed by atoms with E-state index in [1.54, 1.807) is 13.1 Å². The molecule has 0 spiro atoms. The Kier molecular flexibility index (Phi) is 2.20. The minimum Gasteiger partial charge on any atom is -0.296 e. The van der Waals surface area contributed by atoms with Gasteiger partial charge in [-0.2, -0.15) is 0 Å². The van der Waals surface area contributed by atoms with Crippen LogP contribution >= 0.6 is 0 Å². The van der Waals surface area contributed by atoms with Gasteiger partial charge in [-0.25, -0.2) is 9.18 Å². The van der Waals surface area contributed by atoms with E-state index in [1.807, 2.05) is 6.92 Å². The van der Waals surface area contributed by atoms with E-state index < -0.39 is 5.76 Å². The van der Waals surface area contributed by atoms with Gasteiger partial charge in [0.05, 0.1) is 5.41 Å². The van der Waals surface area contributed by atoms with Crippen LogP contribution in [0.15, 0.2) is 27.5 Å². The lowest BCUT2D eigenvalue weighted by molar-refractivity contribution is 0.374. The summed E-state index contributed by atoms with van der Waals surface area (Å²) < 4.78 is 19.3. The van der Waals surface area contributed by atoms with E-state index in [2.05, 4.69) is 5.16 Å². The predicted molar refractivity (Wildman–Crippen MR) is 62.9 cm³/mol. The van der Waals surface area contributed by atoms with Gasteiger partial charge in [-0.1, -0.05) is 11.2 Å². The smallest absolute Gasteiger partial charge is 0.296 e. The number of halogens is 1. The van der Waals surface area contributed by atoms with Crippen molar-refractivity contribution in [3.63, 3.8) is 0 Å². The molecule has 1 aromatic heterocycles. The van der Waals surface area contributed by atoms with Crippen molar-refractivity contribution >= 4 is 0 Å². The molecule has 1 aliphatic carbocycles. The van der Waals surface area contributed by atoms with Crippen molar-refractivity contribution in [2.45, 2.75) is 25.2 Å². The highest BCUT2D eigenvalue weighted by Crippen LogP contribution is 2.53. The van der Waals surface area contributed by atoms with E-state index in [1.165, 1.54) is 16.7 Å². The molecule has 18 heavy (non-hydrogen) atoms. The third-order valence-corrected chi connectivity index (χ3v) is 3.68. The number of hydrogen-bond acceptors (Lipinski definition) is 3. The molecule has 0 radical (unpaired) electrons. The van der Waals surface area contributed by atoms with Crippen LogP contribution in [0.4, 0.5) is 4.39 Å². The molecule has 0 bridgehead atoms. The Morgan fingerprint density at radius 2 is 2.17 bits per heavy atom. The molecule has 5 heteroatoms. The molecule has 1 heterocycles. The molecule has 1 aromatic carbocycles. The highest BCUT2D eigenvalue weighted by molar-refractivity contribution is 5.44. The van der Waals surface area contributed by atoms with Crippen LogP contribution in [-0.2, 0) is 12.5 Å². The Labute approximate surface area is 103 Å². The van der Waals surface area contributed by atoms with Crippen LogP contribution < -0.4 is 5.76 Å². The largest absolute Gasteiger partial charge is 0.441 e. The molecule has 0 atom stereocenters. The first-order valence-electron chi connectivity index (χ1n) is 5.84. The first-order chi connectivity index (χ1) is 8.54. The minimum atomic E-state index is -0.462. The van der Waals surface area contributed by atoms with Crippen molar-refractivity contribution in [1.29, 1.82) is 0 Å². The minimum absolute atomic E-state index is 0.249. The molecular formula is C13H13FN2O2. The Bertz CT molecular complexity index is 668. The fourth-order valence-corrected chi connectivity index (χ4v) is 2.60. The van der Waals surface area contributed by atoms with Gasteiger partial charge < -0.3 is 0 Å². The number of aryl methyl sites for hydroxylation is 1. The molecule has 3 rings (SSSR count). The van der Waals surface area contributed by atoms with Gasteiger partial charge in [0.25, 0.3) is 0 Å². The summed E-state index contributed by atoms with van der Waals surface area (Å²) >= 11 is 0. The molecule has 0 aliphatic heterocycles. The van der Waals surface area contributed by atoms with Crippen molar-refractivity contribution < 1.29 is 8.91 Å². The Balaban J connectivity index is 2.16. The molecule has 2 aromatic rings. The van der Waals surface area contributed by atoms with Crippen molar-refractivity contribution in [3.05, 3.63) is 51.5 Å². The summed E-state index contributed by atoms with van der Waals surface area (Å²) in [7, 11) is 1.65. The molecule has 94 valence electrons. The van der Waals surface area contributed by atoms with Gasteiger partial charge in [-0.05, 0) is 43.0 Å². The molecule has 0 N–H and O–H groups in total. The van der Waals surface area contributed by atoms with E-state index in [-0.39, 0.29) is 11.2 Å². The molecule has 4 nitrogen and oxygen atoms in total. The zero-order chi connectivity index (χ0) is 12.9. The summed E-state index contributed by atoms with van der Waals surface area (Å²) in [5, 5.41) is 3.87. The van der Waals surface area contributed by atoms with Gasteiger partial charge in [0, 0.05) is 7.05 Å². The zero-order valence-corrected chi connectivity index (χ0v) is 10.2. The lowest BCUT2D eigenvalue weighted by Crippen LogP contribution is -2.21. The topological polar surface area (TPSA) is 48.0 Å². The number of nitrogens with zero attached hydrogens (tertiary/aromatic N) is 2. The molecular weight excluding hydrogens is 235 g/mol. The third kappa shape index (κ3) is 1.43. The van der Waals surface area contributed by atoms with Gasteiger partial charge in [-0.3, -0.25) is 9.09 Å². The maximum atomic E-state index is 13.2. The second kappa shape index (κ2) is 3.54. The van der Waals surface area contributed by atoms with E-state index in [0.717, 1.165) is 24.0 Å². The fourth-order valence-electron chi connectivity index (χ4n) is 2.60. The molecule has 1 aliphatic rings. The van der Waals surface area contributed by atoms with Crippen LogP contribution in [-0.4, -0.2) is 9.72 Å². The fraction of sp³-hybridized carbons (Fsp3) is 0.385. The van der Waals surface area contributed by atoms with Crippen LogP contribution in [0.5, 0.6) is 0 Å². The van der Waals surface area contributed by atoms with Crippen molar-refractivity contribution in [2.24, 2.45) is 7.05 Å². The Morgan fingerprint density at radius 1 is 1.44 bits per heavy atom. The maximum Gasteiger partial charge on any atom is 0.441 e. The third-order valence-electron chi connectivity index (χ3n) is 3.68. The highest BCUT2D eigenvalue weighted by atomic mass is 19.1. The average Bonchev–Trinajstić information content (AvgIpc) is 3.03. The standard InChI is InChI=1S/C13H13FN2O2/c1-8-7-9(14)3-4-10(8)13(5-6-13)11-15-18-12(17)16(11)2/h3-4,7H,5-6H2,1-2H3. The average molecular weight is 248 g/mol. The van der Waals surface area contributed by atoms with Gasteiger partial charge in [-0.15, -0.1) is 0 Å². The number of benzene rings is 1. The summed E-state index contributed by atoms with van der Waals surface area (Å²) in [6, 6.07) is 4.73. The molecule has 1 fully saturated rings. The van der Waals surface area contributed by atoms with Crippen molar-refractivity contribution in [3.8, 4) is 0 Å². The second-order valence-electron chi connectivity index (χ2n) is 4.87. The number of rotatable bonds is 2.